The number of rotatable bonds is 4. The van der Waals surface area contributed by atoms with Crippen LogP contribution in [0.4, 0.5) is 0 Å². The van der Waals surface area contributed by atoms with E-state index in [1.54, 1.807) is 37.4 Å². The molecule has 1 saturated heterocycles. The highest BCUT2D eigenvalue weighted by atomic mass is 16.5. The molecule has 2 amide bonds. The maximum atomic E-state index is 12.4. The van der Waals surface area contributed by atoms with E-state index in [1.165, 1.54) is 0 Å². The fraction of sp³-hybridized carbons (Fsp3) is 0.500. The van der Waals surface area contributed by atoms with Crippen LogP contribution in [0.3, 0.4) is 0 Å². The van der Waals surface area contributed by atoms with Crippen molar-refractivity contribution in [1.29, 1.82) is 0 Å². The molecule has 0 atom stereocenters. The van der Waals surface area contributed by atoms with E-state index in [-0.39, 0.29) is 11.8 Å². The number of carbonyl (C=O) groups is 2. The molecule has 2 heterocycles. The van der Waals surface area contributed by atoms with Gasteiger partial charge in [-0.05, 0) is 6.07 Å². The Hall–Kier alpha value is -2.15. The monoisotopic (exact) mass is 292 g/mol. The van der Waals surface area contributed by atoms with Gasteiger partial charge in [0.05, 0.1) is 13.7 Å². The molecule has 7 heteroatoms. The van der Waals surface area contributed by atoms with E-state index in [2.05, 4.69) is 10.3 Å². The second-order valence-electron chi connectivity index (χ2n) is 4.82. The molecule has 0 spiro atoms. The van der Waals surface area contributed by atoms with Crippen LogP contribution in [0.5, 0.6) is 5.75 Å². The van der Waals surface area contributed by atoms with Crippen LogP contribution in [0.15, 0.2) is 18.3 Å². The summed E-state index contributed by atoms with van der Waals surface area (Å²) in [5.41, 5.74) is 0.383. The number of methoxy groups -OCH3 is 1. The lowest BCUT2D eigenvalue weighted by atomic mass is 10.2. The fourth-order valence-corrected chi connectivity index (χ4v) is 2.21. The number of likely N-dealkylation sites (N-methyl/N-ethyl adjacent to an activating group) is 1. The summed E-state index contributed by atoms with van der Waals surface area (Å²) in [6.45, 7) is 2.92. The average Bonchev–Trinajstić information content (AvgIpc) is 2.54. The van der Waals surface area contributed by atoms with Crippen LogP contribution >= 0.6 is 0 Å². The Morgan fingerprint density at radius 1 is 1.33 bits per heavy atom. The molecule has 114 valence electrons. The third kappa shape index (κ3) is 3.91. The second-order valence-corrected chi connectivity index (χ2v) is 4.82. The van der Waals surface area contributed by atoms with Crippen LogP contribution in [0.25, 0.3) is 0 Å². The van der Waals surface area contributed by atoms with Gasteiger partial charge in [0, 0.05) is 45.5 Å². The first-order chi connectivity index (χ1) is 10.1. The van der Waals surface area contributed by atoms with Gasteiger partial charge in [-0.1, -0.05) is 0 Å². The molecule has 0 saturated carbocycles. The zero-order valence-corrected chi connectivity index (χ0v) is 12.3. The van der Waals surface area contributed by atoms with E-state index >= 15 is 0 Å². The van der Waals surface area contributed by atoms with E-state index in [9.17, 15) is 9.59 Å². The van der Waals surface area contributed by atoms with Crippen molar-refractivity contribution in [2.24, 2.45) is 0 Å². The van der Waals surface area contributed by atoms with Crippen LogP contribution in [0, 0.1) is 0 Å². The first-order valence-corrected chi connectivity index (χ1v) is 6.86. The van der Waals surface area contributed by atoms with Crippen molar-refractivity contribution in [3.05, 3.63) is 24.0 Å². The minimum atomic E-state index is -0.103. The summed E-state index contributed by atoms with van der Waals surface area (Å²) in [6, 6.07) is 3.34. The predicted molar refractivity (Wildman–Crippen MR) is 77.2 cm³/mol. The number of piperazine rings is 1. The van der Waals surface area contributed by atoms with Crippen molar-refractivity contribution < 1.29 is 14.3 Å². The van der Waals surface area contributed by atoms with Gasteiger partial charge in [0.25, 0.3) is 5.91 Å². The summed E-state index contributed by atoms with van der Waals surface area (Å²) in [5, 5.41) is 2.60. The largest absolute Gasteiger partial charge is 0.497 e. The third-order valence-corrected chi connectivity index (χ3v) is 3.49. The molecule has 1 aromatic heterocycles. The van der Waals surface area contributed by atoms with Gasteiger partial charge < -0.3 is 15.0 Å². The van der Waals surface area contributed by atoms with Gasteiger partial charge in [0.1, 0.15) is 11.4 Å². The maximum Gasteiger partial charge on any atom is 0.272 e. The molecule has 21 heavy (non-hydrogen) atoms. The molecule has 0 unspecified atom stereocenters. The summed E-state index contributed by atoms with van der Waals surface area (Å²) in [7, 11) is 3.18. The number of nitrogens with zero attached hydrogens (tertiary/aromatic N) is 3. The van der Waals surface area contributed by atoms with Crippen LogP contribution in [0.1, 0.15) is 10.5 Å². The standard InChI is InChI=1S/C14H20N4O3/c1-15-13(19)10-17-5-7-18(8-6-17)14(20)12-9-11(21-2)3-4-16-12/h3-4,9H,5-8,10H2,1-2H3,(H,15,19). The first-order valence-electron chi connectivity index (χ1n) is 6.86. The summed E-state index contributed by atoms with van der Waals surface area (Å²) in [5.74, 6) is 0.504. The molecule has 1 aromatic rings. The number of nitrogens with one attached hydrogen (secondary N) is 1. The van der Waals surface area contributed by atoms with Gasteiger partial charge in [0.15, 0.2) is 0 Å². The Labute approximate surface area is 123 Å². The zero-order valence-electron chi connectivity index (χ0n) is 12.3. The SMILES string of the molecule is CNC(=O)CN1CCN(C(=O)c2cc(OC)ccn2)CC1. The van der Waals surface area contributed by atoms with Crippen molar-refractivity contribution in [1.82, 2.24) is 20.1 Å². The lowest BCUT2D eigenvalue weighted by Gasteiger charge is -2.34. The van der Waals surface area contributed by atoms with Crippen molar-refractivity contribution in [3.8, 4) is 5.75 Å². The molecule has 1 aliphatic heterocycles. The van der Waals surface area contributed by atoms with Gasteiger partial charge in [0.2, 0.25) is 5.91 Å². The lowest BCUT2D eigenvalue weighted by molar-refractivity contribution is -0.122. The number of hydrogen-bond donors (Lipinski definition) is 1. The normalized spacial score (nSPS) is 15.6. The Kier molecular flexibility index (Phi) is 5.10. The number of carbonyl (C=O) groups excluding carboxylic acids is 2. The molecule has 7 nitrogen and oxygen atoms in total. The third-order valence-electron chi connectivity index (χ3n) is 3.49. The highest BCUT2D eigenvalue weighted by molar-refractivity contribution is 5.92. The minimum absolute atomic E-state index is 0.00996. The molecule has 2 rings (SSSR count). The quantitative estimate of drug-likeness (QED) is 0.817. The van der Waals surface area contributed by atoms with E-state index in [0.29, 0.717) is 44.2 Å². The maximum absolute atomic E-state index is 12.4. The number of amides is 2. The molecule has 0 aromatic carbocycles. The second kappa shape index (κ2) is 7.03. The Morgan fingerprint density at radius 3 is 2.67 bits per heavy atom. The Bertz CT molecular complexity index is 513. The van der Waals surface area contributed by atoms with E-state index in [4.69, 9.17) is 4.74 Å². The Balaban J connectivity index is 1.92. The highest BCUT2D eigenvalue weighted by Crippen LogP contribution is 2.13. The van der Waals surface area contributed by atoms with Gasteiger partial charge in [-0.3, -0.25) is 19.5 Å². The molecule has 0 aliphatic carbocycles. The highest BCUT2D eigenvalue weighted by Gasteiger charge is 2.23. The molecular formula is C14H20N4O3. The smallest absolute Gasteiger partial charge is 0.272 e. The molecule has 1 N–H and O–H groups in total. The topological polar surface area (TPSA) is 74.8 Å². The number of hydrogen-bond acceptors (Lipinski definition) is 5. The molecule has 0 radical (unpaired) electrons. The van der Waals surface area contributed by atoms with Crippen LogP contribution in [0.2, 0.25) is 0 Å². The van der Waals surface area contributed by atoms with Gasteiger partial charge >= 0.3 is 0 Å². The van der Waals surface area contributed by atoms with Crippen molar-refractivity contribution in [2.75, 3.05) is 46.9 Å². The zero-order chi connectivity index (χ0) is 15.2. The summed E-state index contributed by atoms with van der Waals surface area (Å²) < 4.78 is 5.10. The van der Waals surface area contributed by atoms with Crippen LogP contribution in [-0.4, -0.2) is 73.5 Å². The summed E-state index contributed by atoms with van der Waals surface area (Å²) in [6.07, 6.45) is 1.56. The fourth-order valence-electron chi connectivity index (χ4n) is 2.21. The van der Waals surface area contributed by atoms with Crippen molar-refractivity contribution in [2.45, 2.75) is 0 Å². The average molecular weight is 292 g/mol. The van der Waals surface area contributed by atoms with Crippen molar-refractivity contribution >= 4 is 11.8 Å². The first kappa shape index (κ1) is 15.2. The van der Waals surface area contributed by atoms with Crippen LogP contribution < -0.4 is 10.1 Å². The van der Waals surface area contributed by atoms with Gasteiger partial charge in [-0.25, -0.2) is 0 Å². The van der Waals surface area contributed by atoms with Crippen LogP contribution in [-0.2, 0) is 4.79 Å². The number of pyridine rings is 1. The molecular weight excluding hydrogens is 272 g/mol. The summed E-state index contributed by atoms with van der Waals surface area (Å²) >= 11 is 0. The Morgan fingerprint density at radius 2 is 2.05 bits per heavy atom. The number of ether oxygens (including phenoxy) is 1. The van der Waals surface area contributed by atoms with E-state index in [0.717, 1.165) is 0 Å². The molecule has 1 aliphatic rings. The van der Waals surface area contributed by atoms with E-state index < -0.39 is 0 Å². The van der Waals surface area contributed by atoms with Crippen molar-refractivity contribution in [3.63, 3.8) is 0 Å². The summed E-state index contributed by atoms with van der Waals surface area (Å²) in [4.78, 5) is 31.6. The minimum Gasteiger partial charge on any atom is -0.497 e. The molecule has 0 bridgehead atoms. The number of aromatic nitrogens is 1. The lowest BCUT2D eigenvalue weighted by Crippen LogP contribution is -2.51. The van der Waals surface area contributed by atoms with Gasteiger partial charge in [-0.2, -0.15) is 0 Å². The molecule has 1 fully saturated rings. The predicted octanol–water partition coefficient (Wildman–Crippen LogP) is -0.406. The van der Waals surface area contributed by atoms with Gasteiger partial charge in [-0.15, -0.1) is 0 Å². The van der Waals surface area contributed by atoms with E-state index in [1.807, 2.05) is 4.90 Å².